The minimum Gasteiger partial charge on any atom is -0.399 e. The van der Waals surface area contributed by atoms with Gasteiger partial charge in [-0.15, -0.1) is 0 Å². The molecule has 1 unspecified atom stereocenters. The van der Waals surface area contributed by atoms with E-state index < -0.39 is 0 Å². The van der Waals surface area contributed by atoms with E-state index in [0.717, 1.165) is 16.7 Å². The highest BCUT2D eigenvalue weighted by Gasteiger charge is 2.27. The molecule has 3 nitrogen and oxygen atoms in total. The van der Waals surface area contributed by atoms with E-state index in [9.17, 15) is 0 Å². The molecule has 1 aliphatic heterocycles. The molecule has 1 aromatic heterocycles. The number of nitrogen functional groups attached to an aromatic ring is 1. The van der Waals surface area contributed by atoms with Crippen LogP contribution in [-0.2, 0) is 0 Å². The van der Waals surface area contributed by atoms with Crippen molar-refractivity contribution >= 4 is 27.3 Å². The van der Waals surface area contributed by atoms with E-state index in [1.54, 1.807) is 0 Å². The van der Waals surface area contributed by atoms with E-state index in [4.69, 9.17) is 5.73 Å². The molecule has 4 heteroatoms. The molecule has 1 atom stereocenters. The number of halogens is 1. The van der Waals surface area contributed by atoms with Crippen LogP contribution in [0.15, 0.2) is 47.2 Å². The van der Waals surface area contributed by atoms with Gasteiger partial charge in [0.2, 0.25) is 0 Å². The highest BCUT2D eigenvalue weighted by molar-refractivity contribution is 9.10. The van der Waals surface area contributed by atoms with Crippen molar-refractivity contribution in [2.75, 3.05) is 17.2 Å². The fraction of sp³-hybridized carbons (Fsp3) is 0.267. The van der Waals surface area contributed by atoms with Crippen molar-refractivity contribution in [3.8, 4) is 0 Å². The van der Waals surface area contributed by atoms with Crippen molar-refractivity contribution in [1.82, 2.24) is 4.98 Å². The van der Waals surface area contributed by atoms with E-state index in [2.05, 4.69) is 44.0 Å². The predicted molar refractivity (Wildman–Crippen MR) is 82.1 cm³/mol. The largest absolute Gasteiger partial charge is 0.399 e. The molecule has 2 heterocycles. The van der Waals surface area contributed by atoms with Gasteiger partial charge in [0.25, 0.3) is 0 Å². The Morgan fingerprint density at radius 3 is 2.74 bits per heavy atom. The molecule has 1 aromatic carbocycles. The molecule has 1 saturated heterocycles. The first-order valence-corrected chi connectivity index (χ1v) is 7.26. The molecule has 3 rings (SSSR count). The van der Waals surface area contributed by atoms with Gasteiger partial charge in [0.1, 0.15) is 0 Å². The molecule has 0 amide bonds. The summed E-state index contributed by atoms with van der Waals surface area (Å²) in [4.78, 5) is 6.54. The number of nitrogens with zero attached hydrogens (tertiary/aromatic N) is 2. The van der Waals surface area contributed by atoms with Crippen molar-refractivity contribution in [2.24, 2.45) is 0 Å². The van der Waals surface area contributed by atoms with Crippen molar-refractivity contribution < 1.29 is 0 Å². The molecule has 2 N–H and O–H groups in total. The predicted octanol–water partition coefficient (Wildman–Crippen LogP) is 3.77. The van der Waals surface area contributed by atoms with Crippen LogP contribution in [0.2, 0.25) is 0 Å². The first-order valence-electron chi connectivity index (χ1n) is 6.47. The summed E-state index contributed by atoms with van der Waals surface area (Å²) in [5, 5.41) is 0. The Morgan fingerprint density at radius 2 is 2.00 bits per heavy atom. The molecular weight excluding hydrogens is 302 g/mol. The van der Waals surface area contributed by atoms with E-state index in [-0.39, 0.29) is 0 Å². The lowest BCUT2D eigenvalue weighted by Gasteiger charge is -2.28. The average molecular weight is 318 g/mol. The topological polar surface area (TPSA) is 42.1 Å². The fourth-order valence-corrected chi connectivity index (χ4v) is 3.37. The van der Waals surface area contributed by atoms with Crippen LogP contribution in [0, 0.1) is 0 Å². The number of nitrogens with two attached hydrogens (primary N) is 1. The molecule has 0 spiro atoms. The van der Waals surface area contributed by atoms with Crippen molar-refractivity contribution in [2.45, 2.75) is 18.9 Å². The van der Waals surface area contributed by atoms with Crippen LogP contribution in [0.1, 0.15) is 24.4 Å². The first-order chi connectivity index (χ1) is 9.25. The maximum absolute atomic E-state index is 5.82. The van der Waals surface area contributed by atoms with Crippen LogP contribution in [0.5, 0.6) is 0 Å². The number of benzene rings is 1. The van der Waals surface area contributed by atoms with Crippen molar-refractivity contribution in [3.63, 3.8) is 0 Å². The van der Waals surface area contributed by atoms with E-state index in [1.165, 1.54) is 24.1 Å². The van der Waals surface area contributed by atoms with Gasteiger partial charge in [0.15, 0.2) is 0 Å². The van der Waals surface area contributed by atoms with Gasteiger partial charge in [-0.2, -0.15) is 0 Å². The minimum absolute atomic E-state index is 0.433. The lowest BCUT2D eigenvalue weighted by atomic mass is 10.1. The van der Waals surface area contributed by atoms with Crippen LogP contribution in [-0.4, -0.2) is 11.5 Å². The Morgan fingerprint density at radius 1 is 1.21 bits per heavy atom. The molecule has 1 aliphatic rings. The summed E-state index contributed by atoms with van der Waals surface area (Å²) in [7, 11) is 0. The third kappa shape index (κ3) is 2.45. The number of hydrogen-bond acceptors (Lipinski definition) is 3. The summed E-state index contributed by atoms with van der Waals surface area (Å²) in [6, 6.07) is 10.7. The third-order valence-corrected chi connectivity index (χ3v) is 4.26. The zero-order valence-corrected chi connectivity index (χ0v) is 12.2. The van der Waals surface area contributed by atoms with Gasteiger partial charge >= 0.3 is 0 Å². The number of pyridine rings is 1. The summed E-state index contributed by atoms with van der Waals surface area (Å²) in [5.74, 6) is 0. The second kappa shape index (κ2) is 5.21. The van der Waals surface area contributed by atoms with Crippen LogP contribution in [0.25, 0.3) is 0 Å². The standard InChI is InChI=1S/C15H16BrN3/c16-13-10-12(17)3-4-15(13)19-9-1-2-14(19)11-5-7-18-8-6-11/h3-8,10,14H,1-2,9,17H2. The third-order valence-electron chi connectivity index (χ3n) is 3.62. The lowest BCUT2D eigenvalue weighted by molar-refractivity contribution is 0.717. The Balaban J connectivity index is 1.95. The van der Waals surface area contributed by atoms with Crippen LogP contribution in [0.4, 0.5) is 11.4 Å². The monoisotopic (exact) mass is 317 g/mol. The van der Waals surface area contributed by atoms with Gasteiger partial charge in [-0.25, -0.2) is 0 Å². The van der Waals surface area contributed by atoms with Gasteiger partial charge < -0.3 is 10.6 Å². The SMILES string of the molecule is Nc1ccc(N2CCCC2c2ccncc2)c(Br)c1. The van der Waals surface area contributed by atoms with Crippen molar-refractivity contribution in [1.29, 1.82) is 0 Å². The number of rotatable bonds is 2. The van der Waals surface area contributed by atoms with Crippen LogP contribution < -0.4 is 10.6 Å². The minimum atomic E-state index is 0.433. The molecule has 19 heavy (non-hydrogen) atoms. The molecule has 0 radical (unpaired) electrons. The summed E-state index contributed by atoms with van der Waals surface area (Å²) in [6.45, 7) is 1.08. The fourth-order valence-electron chi connectivity index (χ4n) is 2.74. The molecule has 0 aliphatic carbocycles. The summed E-state index contributed by atoms with van der Waals surface area (Å²) >= 11 is 3.62. The zero-order chi connectivity index (χ0) is 13.2. The number of hydrogen-bond donors (Lipinski definition) is 1. The smallest absolute Gasteiger partial charge is 0.0544 e. The second-order valence-corrected chi connectivity index (χ2v) is 5.70. The highest BCUT2D eigenvalue weighted by atomic mass is 79.9. The van der Waals surface area contributed by atoms with Gasteiger partial charge in [-0.1, -0.05) is 0 Å². The average Bonchev–Trinajstić information content (AvgIpc) is 2.89. The number of anilines is 2. The lowest BCUT2D eigenvalue weighted by Crippen LogP contribution is -2.22. The Kier molecular flexibility index (Phi) is 3.42. The second-order valence-electron chi connectivity index (χ2n) is 4.84. The van der Waals surface area contributed by atoms with Gasteiger partial charge in [-0.3, -0.25) is 4.98 Å². The molecule has 98 valence electrons. The first kappa shape index (κ1) is 12.5. The van der Waals surface area contributed by atoms with Gasteiger partial charge in [0, 0.05) is 29.1 Å². The van der Waals surface area contributed by atoms with Crippen LogP contribution in [0.3, 0.4) is 0 Å². The van der Waals surface area contributed by atoms with E-state index >= 15 is 0 Å². The molecule has 2 aromatic rings. The van der Waals surface area contributed by atoms with E-state index in [1.807, 2.05) is 24.5 Å². The summed E-state index contributed by atoms with van der Waals surface area (Å²) in [5.41, 5.74) is 9.15. The van der Waals surface area contributed by atoms with Crippen LogP contribution >= 0.6 is 15.9 Å². The molecule has 1 fully saturated rings. The summed E-state index contributed by atoms with van der Waals surface area (Å²) < 4.78 is 1.06. The van der Waals surface area contributed by atoms with Gasteiger partial charge in [0.05, 0.1) is 11.7 Å². The summed E-state index contributed by atoms with van der Waals surface area (Å²) in [6.07, 6.45) is 6.12. The quantitative estimate of drug-likeness (QED) is 0.857. The Hall–Kier alpha value is -1.55. The molecule has 0 saturated carbocycles. The Labute approximate surface area is 121 Å². The zero-order valence-electron chi connectivity index (χ0n) is 10.6. The highest BCUT2D eigenvalue weighted by Crippen LogP contribution is 2.39. The maximum Gasteiger partial charge on any atom is 0.0544 e. The van der Waals surface area contributed by atoms with E-state index in [0.29, 0.717) is 6.04 Å². The van der Waals surface area contributed by atoms with Gasteiger partial charge in [-0.05, 0) is 64.7 Å². The Bertz CT molecular complexity index is 571. The maximum atomic E-state index is 5.82. The number of aromatic nitrogens is 1. The van der Waals surface area contributed by atoms with Crippen molar-refractivity contribution in [3.05, 3.63) is 52.8 Å². The molecule has 0 bridgehead atoms. The molecular formula is C15H16BrN3. The normalized spacial score (nSPS) is 18.8.